The van der Waals surface area contributed by atoms with Gasteiger partial charge in [0, 0.05) is 33.1 Å². The molecule has 2 aliphatic rings. The van der Waals surface area contributed by atoms with Gasteiger partial charge in [-0.2, -0.15) is 0 Å². The molecule has 1 aromatic carbocycles. The summed E-state index contributed by atoms with van der Waals surface area (Å²) in [6.45, 7) is 6.37. The smallest absolute Gasteiger partial charge is 0.227 e. The Bertz CT molecular complexity index is 680. The van der Waals surface area contributed by atoms with Crippen LogP contribution in [0.15, 0.2) is 18.2 Å². The van der Waals surface area contributed by atoms with Crippen molar-refractivity contribution in [2.75, 3.05) is 39.3 Å². The van der Waals surface area contributed by atoms with Crippen LogP contribution >= 0.6 is 35.6 Å². The number of piperazine rings is 1. The number of benzene rings is 1. The number of hydrogen-bond donors (Lipinski definition) is 0. The van der Waals surface area contributed by atoms with E-state index in [2.05, 4.69) is 4.90 Å². The third-order valence-corrected chi connectivity index (χ3v) is 5.99. The minimum absolute atomic E-state index is 0. The fraction of sp³-hybridized carbons (Fsp3) is 0.579. The van der Waals surface area contributed by atoms with Crippen LogP contribution in [-0.4, -0.2) is 71.8 Å². The molecule has 0 spiro atoms. The number of carbonyl (C=O) groups excluding carboxylic acids is 2. The van der Waals surface area contributed by atoms with Crippen molar-refractivity contribution in [1.29, 1.82) is 0 Å². The van der Waals surface area contributed by atoms with Crippen molar-refractivity contribution in [2.24, 2.45) is 0 Å². The number of likely N-dealkylation sites (tertiary alicyclic amines) is 1. The Balaban J connectivity index is 0.00000261. The molecule has 0 saturated carbocycles. The second-order valence-electron chi connectivity index (χ2n) is 7.14. The first-order valence-electron chi connectivity index (χ1n) is 9.15. The second kappa shape index (κ2) is 9.97. The van der Waals surface area contributed by atoms with Crippen LogP contribution in [0.2, 0.25) is 10.0 Å². The van der Waals surface area contributed by atoms with Gasteiger partial charge in [0.25, 0.3) is 0 Å². The van der Waals surface area contributed by atoms with Crippen molar-refractivity contribution in [3.05, 3.63) is 33.8 Å². The predicted octanol–water partition coefficient (Wildman–Crippen LogP) is 3.11. The van der Waals surface area contributed by atoms with Gasteiger partial charge in [-0.15, -0.1) is 12.4 Å². The van der Waals surface area contributed by atoms with Gasteiger partial charge in [0.1, 0.15) is 0 Å². The largest absolute Gasteiger partial charge is 0.339 e. The van der Waals surface area contributed by atoms with Crippen molar-refractivity contribution in [1.82, 2.24) is 14.7 Å². The Hall–Kier alpha value is -1.01. The summed E-state index contributed by atoms with van der Waals surface area (Å²) >= 11 is 12.0. The molecule has 1 unspecified atom stereocenters. The molecule has 8 heteroatoms. The van der Waals surface area contributed by atoms with Gasteiger partial charge in [0.05, 0.1) is 22.5 Å². The molecule has 0 N–H and O–H groups in total. The van der Waals surface area contributed by atoms with E-state index in [-0.39, 0.29) is 30.3 Å². The van der Waals surface area contributed by atoms with Crippen molar-refractivity contribution < 1.29 is 9.59 Å². The summed E-state index contributed by atoms with van der Waals surface area (Å²) in [6.07, 6.45) is 2.72. The van der Waals surface area contributed by atoms with E-state index in [1.54, 1.807) is 19.1 Å². The number of carbonyl (C=O) groups is 2. The highest BCUT2D eigenvalue weighted by Gasteiger charge is 2.33. The molecule has 2 amide bonds. The van der Waals surface area contributed by atoms with Crippen molar-refractivity contribution in [3.8, 4) is 0 Å². The normalized spacial score (nSPS) is 20.5. The quantitative estimate of drug-likeness (QED) is 0.731. The van der Waals surface area contributed by atoms with Gasteiger partial charge in [0.2, 0.25) is 11.8 Å². The SMILES string of the molecule is CC(=O)N1CCN(C(=O)Cc2ccc(Cl)c(Cl)c2)C(CN2CCCC2)C1.Cl. The first kappa shape index (κ1) is 22.3. The monoisotopic (exact) mass is 433 g/mol. The van der Waals surface area contributed by atoms with E-state index in [1.165, 1.54) is 12.8 Å². The molecule has 27 heavy (non-hydrogen) atoms. The summed E-state index contributed by atoms with van der Waals surface area (Å²) in [7, 11) is 0. The van der Waals surface area contributed by atoms with Crippen molar-refractivity contribution in [3.63, 3.8) is 0 Å². The number of amides is 2. The summed E-state index contributed by atoms with van der Waals surface area (Å²) in [6, 6.07) is 5.36. The van der Waals surface area contributed by atoms with Crippen LogP contribution in [0.1, 0.15) is 25.3 Å². The molecular formula is C19H26Cl3N3O2. The van der Waals surface area contributed by atoms with Gasteiger partial charge in [-0.3, -0.25) is 9.59 Å². The van der Waals surface area contributed by atoms with Crippen molar-refractivity contribution >= 4 is 47.4 Å². The molecule has 2 fully saturated rings. The van der Waals surface area contributed by atoms with E-state index in [9.17, 15) is 9.59 Å². The highest BCUT2D eigenvalue weighted by molar-refractivity contribution is 6.42. The van der Waals surface area contributed by atoms with Crippen LogP contribution in [0.3, 0.4) is 0 Å². The fourth-order valence-corrected chi connectivity index (χ4v) is 4.14. The van der Waals surface area contributed by atoms with Crippen LogP contribution in [-0.2, 0) is 16.0 Å². The van der Waals surface area contributed by atoms with E-state index in [1.807, 2.05) is 15.9 Å². The molecule has 1 atom stereocenters. The minimum Gasteiger partial charge on any atom is -0.339 e. The zero-order valence-electron chi connectivity index (χ0n) is 15.5. The zero-order valence-corrected chi connectivity index (χ0v) is 17.8. The van der Waals surface area contributed by atoms with Gasteiger partial charge < -0.3 is 14.7 Å². The van der Waals surface area contributed by atoms with Crippen LogP contribution in [0.25, 0.3) is 0 Å². The average molecular weight is 435 g/mol. The van der Waals surface area contributed by atoms with E-state index in [0.29, 0.717) is 36.1 Å². The maximum Gasteiger partial charge on any atom is 0.227 e. The predicted molar refractivity (Wildman–Crippen MR) is 111 cm³/mol. The Kier molecular flexibility index (Phi) is 8.22. The van der Waals surface area contributed by atoms with Gasteiger partial charge in [-0.05, 0) is 43.6 Å². The van der Waals surface area contributed by atoms with Crippen LogP contribution in [0.5, 0.6) is 0 Å². The van der Waals surface area contributed by atoms with Gasteiger partial charge in [0.15, 0.2) is 0 Å². The highest BCUT2D eigenvalue weighted by atomic mass is 35.5. The maximum absolute atomic E-state index is 13.0. The molecule has 1 aromatic rings. The van der Waals surface area contributed by atoms with E-state index in [4.69, 9.17) is 23.2 Å². The summed E-state index contributed by atoms with van der Waals surface area (Å²) in [5, 5.41) is 0.955. The lowest BCUT2D eigenvalue weighted by molar-refractivity contribution is -0.142. The van der Waals surface area contributed by atoms with Crippen molar-refractivity contribution in [2.45, 2.75) is 32.2 Å². The summed E-state index contributed by atoms with van der Waals surface area (Å²) in [4.78, 5) is 30.9. The van der Waals surface area contributed by atoms with Crippen LogP contribution in [0.4, 0.5) is 0 Å². The minimum atomic E-state index is 0. The molecule has 0 bridgehead atoms. The number of hydrogen-bond acceptors (Lipinski definition) is 3. The second-order valence-corrected chi connectivity index (χ2v) is 7.95. The topological polar surface area (TPSA) is 43.9 Å². The lowest BCUT2D eigenvalue weighted by atomic mass is 10.1. The zero-order chi connectivity index (χ0) is 18.7. The molecule has 2 heterocycles. The molecule has 2 aliphatic heterocycles. The van der Waals surface area contributed by atoms with E-state index < -0.39 is 0 Å². The number of rotatable bonds is 4. The average Bonchev–Trinajstić information content (AvgIpc) is 3.11. The number of halogens is 3. The first-order valence-corrected chi connectivity index (χ1v) is 9.91. The lowest BCUT2D eigenvalue weighted by Crippen LogP contribution is -2.59. The maximum atomic E-state index is 13.0. The van der Waals surface area contributed by atoms with Crippen LogP contribution in [0, 0.1) is 0 Å². The Morgan fingerprint density at radius 3 is 2.41 bits per heavy atom. The third-order valence-electron chi connectivity index (χ3n) is 5.26. The van der Waals surface area contributed by atoms with E-state index >= 15 is 0 Å². The molecule has 0 radical (unpaired) electrons. The first-order chi connectivity index (χ1) is 12.4. The summed E-state index contributed by atoms with van der Waals surface area (Å²) in [5.74, 6) is 0.156. The Labute approximate surface area is 177 Å². The standard InChI is InChI=1S/C19H25Cl2N3O2.ClH/c1-14(25)23-8-9-24(16(13-23)12-22-6-2-3-7-22)19(26)11-15-4-5-17(20)18(21)10-15;/h4-5,10,16H,2-3,6-9,11-13H2,1H3;1H. The fourth-order valence-electron chi connectivity index (χ4n) is 3.81. The van der Waals surface area contributed by atoms with Gasteiger partial charge in [-0.1, -0.05) is 29.3 Å². The molecule has 5 nitrogen and oxygen atoms in total. The van der Waals surface area contributed by atoms with Gasteiger partial charge in [-0.25, -0.2) is 0 Å². The molecular weight excluding hydrogens is 409 g/mol. The molecule has 3 rings (SSSR count). The van der Waals surface area contributed by atoms with Gasteiger partial charge >= 0.3 is 0 Å². The molecule has 0 aromatic heterocycles. The molecule has 0 aliphatic carbocycles. The molecule has 150 valence electrons. The third kappa shape index (κ3) is 5.74. The number of nitrogens with zero attached hydrogens (tertiary/aromatic N) is 3. The van der Waals surface area contributed by atoms with Crippen LogP contribution < -0.4 is 0 Å². The Morgan fingerprint density at radius 2 is 1.78 bits per heavy atom. The Morgan fingerprint density at radius 1 is 1.07 bits per heavy atom. The van der Waals surface area contributed by atoms with E-state index in [0.717, 1.165) is 25.2 Å². The summed E-state index contributed by atoms with van der Waals surface area (Å²) < 4.78 is 0. The summed E-state index contributed by atoms with van der Waals surface area (Å²) in [5.41, 5.74) is 0.860. The molecule has 2 saturated heterocycles. The lowest BCUT2D eigenvalue weighted by Gasteiger charge is -2.42. The highest BCUT2D eigenvalue weighted by Crippen LogP contribution is 2.24.